The van der Waals surface area contributed by atoms with Crippen molar-refractivity contribution in [2.75, 3.05) is 14.2 Å². The van der Waals surface area contributed by atoms with E-state index in [1.165, 1.54) is 0 Å². The van der Waals surface area contributed by atoms with Crippen LogP contribution in [-0.2, 0) is 18.9 Å². The molecule has 6 heteroatoms. The van der Waals surface area contributed by atoms with Crippen molar-refractivity contribution in [3.8, 4) is 11.5 Å². The minimum absolute atomic E-state index is 0.0332. The first-order valence-corrected chi connectivity index (χ1v) is 7.77. The van der Waals surface area contributed by atoms with Crippen LogP contribution in [0.4, 0.5) is 0 Å². The fourth-order valence-electron chi connectivity index (χ4n) is 5.15. The third kappa shape index (κ3) is 0.941. The van der Waals surface area contributed by atoms with Crippen LogP contribution in [0.15, 0.2) is 0 Å². The molecule has 0 saturated carbocycles. The molecule has 8 atom stereocenters. The van der Waals surface area contributed by atoms with Crippen LogP contribution in [0.25, 0.3) is 0 Å². The SMILES string of the molecule is COc1c2c(c(OC)c3c1C1OC3C3OC13)C1OC2C2OC12. The number of ether oxygens (including phenoxy) is 6. The van der Waals surface area contributed by atoms with Crippen molar-refractivity contribution >= 4 is 0 Å². The van der Waals surface area contributed by atoms with Gasteiger partial charge in [0, 0.05) is 22.3 Å². The lowest BCUT2D eigenvalue weighted by Crippen LogP contribution is -2.17. The topological polar surface area (TPSA) is 62.0 Å². The molecule has 8 unspecified atom stereocenters. The fourth-order valence-corrected chi connectivity index (χ4v) is 5.15. The summed E-state index contributed by atoms with van der Waals surface area (Å²) in [5.74, 6) is 1.79. The summed E-state index contributed by atoms with van der Waals surface area (Å²) in [5, 5.41) is 0. The maximum Gasteiger partial charge on any atom is 0.131 e. The van der Waals surface area contributed by atoms with Crippen molar-refractivity contribution < 1.29 is 28.4 Å². The summed E-state index contributed by atoms with van der Waals surface area (Å²) >= 11 is 0. The molecular weight excluding hydrogens is 288 g/mol. The maximum atomic E-state index is 6.14. The molecule has 6 nitrogen and oxygen atoms in total. The molecule has 4 saturated heterocycles. The Hall–Kier alpha value is -1.34. The molecule has 7 rings (SSSR count). The summed E-state index contributed by atoms with van der Waals surface area (Å²) in [6.07, 6.45) is 0.584. The van der Waals surface area contributed by atoms with E-state index in [-0.39, 0.29) is 48.8 Å². The quantitative estimate of drug-likeness (QED) is 0.771. The molecule has 4 bridgehead atoms. The number of benzene rings is 1. The van der Waals surface area contributed by atoms with E-state index < -0.39 is 0 Å². The summed E-state index contributed by atoms with van der Waals surface area (Å²) in [5.41, 5.74) is 4.43. The maximum absolute atomic E-state index is 6.14. The molecule has 0 aliphatic carbocycles. The van der Waals surface area contributed by atoms with Gasteiger partial charge >= 0.3 is 0 Å². The van der Waals surface area contributed by atoms with Gasteiger partial charge in [0.05, 0.1) is 14.2 Å². The van der Waals surface area contributed by atoms with Crippen LogP contribution < -0.4 is 9.47 Å². The van der Waals surface area contributed by atoms with Gasteiger partial charge in [0.1, 0.15) is 60.3 Å². The van der Waals surface area contributed by atoms with Crippen molar-refractivity contribution in [1.82, 2.24) is 0 Å². The Morgan fingerprint density at radius 3 is 1.14 bits per heavy atom. The van der Waals surface area contributed by atoms with Crippen LogP contribution in [0, 0.1) is 0 Å². The summed E-state index contributed by atoms with van der Waals surface area (Å²) in [6, 6.07) is 0. The first-order valence-electron chi connectivity index (χ1n) is 7.77. The average molecular weight is 302 g/mol. The van der Waals surface area contributed by atoms with E-state index in [0.29, 0.717) is 0 Å². The predicted molar refractivity (Wildman–Crippen MR) is 70.0 cm³/mol. The molecule has 0 radical (unpaired) electrons. The third-order valence-corrected chi connectivity index (χ3v) is 6.01. The summed E-state index contributed by atoms with van der Waals surface area (Å²) in [4.78, 5) is 0. The van der Waals surface area contributed by atoms with Crippen molar-refractivity contribution in [3.05, 3.63) is 22.3 Å². The molecular formula is C16H14O6. The van der Waals surface area contributed by atoms with E-state index in [0.717, 1.165) is 33.8 Å². The molecule has 0 N–H and O–H groups in total. The van der Waals surface area contributed by atoms with E-state index >= 15 is 0 Å². The van der Waals surface area contributed by atoms with Crippen molar-refractivity contribution in [2.45, 2.75) is 48.8 Å². The van der Waals surface area contributed by atoms with Gasteiger partial charge in [-0.1, -0.05) is 0 Å². The summed E-state index contributed by atoms with van der Waals surface area (Å²) in [7, 11) is 3.44. The summed E-state index contributed by atoms with van der Waals surface area (Å²) in [6.45, 7) is 0. The second-order valence-corrected chi connectivity index (χ2v) is 6.81. The Morgan fingerprint density at radius 2 is 0.864 bits per heavy atom. The zero-order chi connectivity index (χ0) is 14.3. The largest absolute Gasteiger partial charge is 0.496 e. The highest BCUT2D eigenvalue weighted by atomic mass is 16.7. The van der Waals surface area contributed by atoms with Gasteiger partial charge in [-0.25, -0.2) is 0 Å². The lowest BCUT2D eigenvalue weighted by atomic mass is 9.81. The standard InChI is InChI=1S/C16H14O6/c1-17-7-3-5(11-15-13(21-15)9(3)19-11)8(18-2)6-4(7)10-14-16(22-14)12(6)20-10/h9-16H,1-2H3. The number of rotatable bonds is 2. The number of hydrogen-bond acceptors (Lipinski definition) is 6. The normalized spacial score (nSPS) is 49.5. The highest BCUT2D eigenvalue weighted by molar-refractivity contribution is 5.68. The van der Waals surface area contributed by atoms with Crippen LogP contribution in [0.2, 0.25) is 0 Å². The Balaban J connectivity index is 1.59. The van der Waals surface area contributed by atoms with E-state index in [1.54, 1.807) is 14.2 Å². The highest BCUT2D eigenvalue weighted by Gasteiger charge is 2.70. The molecule has 0 spiro atoms. The van der Waals surface area contributed by atoms with Crippen LogP contribution in [0.1, 0.15) is 46.7 Å². The third-order valence-electron chi connectivity index (χ3n) is 6.01. The van der Waals surface area contributed by atoms with E-state index in [9.17, 15) is 0 Å². The van der Waals surface area contributed by atoms with Crippen molar-refractivity contribution in [2.24, 2.45) is 0 Å². The molecule has 114 valence electrons. The molecule has 22 heavy (non-hydrogen) atoms. The van der Waals surface area contributed by atoms with Gasteiger partial charge in [0.15, 0.2) is 0 Å². The van der Waals surface area contributed by atoms with Crippen LogP contribution in [-0.4, -0.2) is 38.6 Å². The molecule has 1 aromatic rings. The molecule has 6 heterocycles. The van der Waals surface area contributed by atoms with Crippen LogP contribution in [0.5, 0.6) is 11.5 Å². The number of epoxide rings is 2. The number of fused-ring (bicyclic) bond motifs is 16. The van der Waals surface area contributed by atoms with Crippen LogP contribution >= 0.6 is 0 Å². The minimum Gasteiger partial charge on any atom is -0.496 e. The molecule has 6 aliphatic rings. The first kappa shape index (κ1) is 11.2. The molecule has 0 amide bonds. The Morgan fingerprint density at radius 1 is 0.545 bits per heavy atom. The molecule has 4 fully saturated rings. The first-order chi connectivity index (χ1) is 10.8. The zero-order valence-electron chi connectivity index (χ0n) is 12.1. The van der Waals surface area contributed by atoms with Crippen LogP contribution in [0.3, 0.4) is 0 Å². The monoisotopic (exact) mass is 302 g/mol. The zero-order valence-corrected chi connectivity index (χ0v) is 12.1. The second kappa shape index (κ2) is 3.14. The molecule has 0 aromatic heterocycles. The fraction of sp³-hybridized carbons (Fsp3) is 0.625. The lowest BCUT2D eigenvalue weighted by Gasteiger charge is -2.23. The second-order valence-electron chi connectivity index (χ2n) is 6.81. The van der Waals surface area contributed by atoms with E-state index in [4.69, 9.17) is 28.4 Å². The van der Waals surface area contributed by atoms with Gasteiger partial charge in [-0.05, 0) is 0 Å². The van der Waals surface area contributed by atoms with Gasteiger partial charge in [-0.15, -0.1) is 0 Å². The van der Waals surface area contributed by atoms with Gasteiger partial charge in [0.25, 0.3) is 0 Å². The Bertz CT molecular complexity index is 643. The van der Waals surface area contributed by atoms with Crippen molar-refractivity contribution in [3.63, 3.8) is 0 Å². The van der Waals surface area contributed by atoms with E-state index in [1.807, 2.05) is 0 Å². The van der Waals surface area contributed by atoms with Gasteiger partial charge in [-0.2, -0.15) is 0 Å². The highest BCUT2D eigenvalue weighted by Crippen LogP contribution is 2.71. The lowest BCUT2D eigenvalue weighted by molar-refractivity contribution is -0.0143. The van der Waals surface area contributed by atoms with Gasteiger partial charge in [0.2, 0.25) is 0 Å². The summed E-state index contributed by atoms with van der Waals surface area (Å²) < 4.78 is 35.4. The number of methoxy groups -OCH3 is 2. The predicted octanol–water partition coefficient (Wildman–Crippen LogP) is 1.49. The van der Waals surface area contributed by atoms with E-state index in [2.05, 4.69) is 0 Å². The Labute approximate surface area is 126 Å². The molecule has 6 aliphatic heterocycles. The smallest absolute Gasteiger partial charge is 0.131 e. The average Bonchev–Trinajstić information content (AvgIpc) is 3.39. The number of hydrogen-bond donors (Lipinski definition) is 0. The Kier molecular flexibility index (Phi) is 1.61. The van der Waals surface area contributed by atoms with Crippen molar-refractivity contribution in [1.29, 1.82) is 0 Å². The van der Waals surface area contributed by atoms with Gasteiger partial charge in [-0.3, -0.25) is 0 Å². The molecule has 1 aromatic carbocycles. The van der Waals surface area contributed by atoms with Gasteiger partial charge < -0.3 is 28.4 Å². The minimum atomic E-state index is -0.0332.